The lowest BCUT2D eigenvalue weighted by molar-refractivity contribution is -0.864. The number of nitrogens with one attached hydrogen (secondary N) is 1. The summed E-state index contributed by atoms with van der Waals surface area (Å²) in [4.78, 5) is 7.75. The van der Waals surface area contributed by atoms with E-state index in [0.29, 0.717) is 31.3 Å². The van der Waals surface area contributed by atoms with Crippen LogP contribution in [0.1, 0.15) is 26.7 Å². The summed E-state index contributed by atoms with van der Waals surface area (Å²) in [6.07, 6.45) is 2.03. The Morgan fingerprint density at radius 3 is 2.58 bits per heavy atom. The minimum atomic E-state index is -0.200. The van der Waals surface area contributed by atoms with Crippen molar-refractivity contribution < 1.29 is 9.06 Å². The normalized spacial score (nSPS) is 17.5. The van der Waals surface area contributed by atoms with Crippen molar-refractivity contribution in [2.24, 2.45) is 0 Å². The molecule has 1 N–H and O–H groups in total. The Morgan fingerprint density at radius 1 is 1.35 bits per heavy atom. The first kappa shape index (κ1) is 19.4. The largest absolute Gasteiger partial charge is 0.633 e. The van der Waals surface area contributed by atoms with Crippen molar-refractivity contribution >= 4 is 45.9 Å². The molecule has 2 aromatic rings. The molecule has 0 spiro atoms. The highest BCUT2D eigenvalue weighted by atomic mass is 32.2. The number of hydroxylamine groups is 3. The average molecular weight is 395 g/mol. The fraction of sp³-hybridized carbons (Fsp3) is 0.556. The minimum Gasteiger partial charge on any atom is -0.633 e. The summed E-state index contributed by atoms with van der Waals surface area (Å²) < 4.78 is 5.77. The van der Waals surface area contributed by atoms with Crippen molar-refractivity contribution in [3.05, 3.63) is 23.2 Å². The predicted molar refractivity (Wildman–Crippen MR) is 112 cm³/mol. The van der Waals surface area contributed by atoms with E-state index >= 15 is 0 Å². The second-order valence-electron chi connectivity index (χ2n) is 7.95. The molecule has 8 heteroatoms. The van der Waals surface area contributed by atoms with Crippen molar-refractivity contribution in [2.45, 2.75) is 31.1 Å². The third kappa shape index (κ3) is 4.14. The molecule has 0 bridgehead atoms. The Bertz CT molecular complexity index is 816. The molecule has 26 heavy (non-hydrogen) atoms. The van der Waals surface area contributed by atoms with Gasteiger partial charge in [0, 0.05) is 16.4 Å². The number of anilines is 1. The molecule has 2 heterocycles. The van der Waals surface area contributed by atoms with Crippen LogP contribution in [0.2, 0.25) is 0 Å². The van der Waals surface area contributed by atoms with Crippen molar-refractivity contribution in [2.75, 3.05) is 44.8 Å². The van der Waals surface area contributed by atoms with Crippen LogP contribution in [0.3, 0.4) is 0 Å². The van der Waals surface area contributed by atoms with Crippen LogP contribution in [0.25, 0.3) is 11.1 Å². The maximum atomic E-state index is 12.0. The van der Waals surface area contributed by atoms with Crippen molar-refractivity contribution in [3.8, 4) is 0 Å². The first-order valence-electron chi connectivity index (χ1n) is 8.69. The molecule has 3 rings (SSSR count). The fourth-order valence-electron chi connectivity index (χ4n) is 2.83. The molecule has 0 atom stereocenters. The number of hydrogen-bond acceptors (Lipinski definition) is 5. The number of thiocarbonyl (C=S) groups is 1. The standard InChI is InChI=1S/C18H26N4O2S2/c1-18(2,3)16-19-12-11-15(26-5)13(10-14(12)24-16)20-17(25)21-6-8-22(4,23)9-7-21/h10-11H,6-9H2,1-5H3,(H,20,25). The highest BCUT2D eigenvalue weighted by Crippen LogP contribution is 2.33. The van der Waals surface area contributed by atoms with Gasteiger partial charge in [-0.3, -0.25) is 0 Å². The van der Waals surface area contributed by atoms with E-state index in [2.05, 4.69) is 36.0 Å². The number of quaternary nitrogens is 1. The van der Waals surface area contributed by atoms with Gasteiger partial charge in [-0.2, -0.15) is 0 Å². The van der Waals surface area contributed by atoms with E-state index in [1.165, 1.54) is 0 Å². The maximum absolute atomic E-state index is 12.0. The number of hydrogen-bond donors (Lipinski definition) is 1. The summed E-state index contributed by atoms with van der Waals surface area (Å²) in [5, 5.41) is 16.0. The number of oxazole rings is 1. The van der Waals surface area contributed by atoms with Gasteiger partial charge in [0.2, 0.25) is 5.89 Å². The molecule has 142 valence electrons. The van der Waals surface area contributed by atoms with Crippen LogP contribution in [0.4, 0.5) is 5.69 Å². The number of thioether (sulfide) groups is 1. The van der Waals surface area contributed by atoms with Crippen LogP contribution in [0.15, 0.2) is 21.4 Å². The van der Waals surface area contributed by atoms with Gasteiger partial charge in [-0.25, -0.2) is 4.98 Å². The topological polar surface area (TPSA) is 64.4 Å². The Hall–Kier alpha value is -1.35. The third-order valence-corrected chi connectivity index (χ3v) is 5.70. The molecule has 1 aromatic heterocycles. The van der Waals surface area contributed by atoms with Gasteiger partial charge in [0.1, 0.15) is 5.52 Å². The molecular weight excluding hydrogens is 368 g/mol. The van der Waals surface area contributed by atoms with Crippen LogP contribution < -0.4 is 5.32 Å². The van der Waals surface area contributed by atoms with Gasteiger partial charge in [0.15, 0.2) is 10.7 Å². The second kappa shape index (κ2) is 6.99. The highest BCUT2D eigenvalue weighted by Gasteiger charge is 2.24. The number of nitrogens with zero attached hydrogens (tertiary/aromatic N) is 3. The molecule has 0 aliphatic carbocycles. The molecule has 0 amide bonds. The minimum absolute atomic E-state index is 0.140. The van der Waals surface area contributed by atoms with Crippen LogP contribution in [-0.4, -0.2) is 59.1 Å². The smallest absolute Gasteiger partial charge is 0.200 e. The van der Waals surface area contributed by atoms with Crippen LogP contribution in [0.5, 0.6) is 0 Å². The number of rotatable bonds is 2. The quantitative estimate of drug-likeness (QED) is 0.360. The number of aromatic nitrogens is 1. The Kier molecular flexibility index (Phi) is 5.22. The van der Waals surface area contributed by atoms with Gasteiger partial charge < -0.3 is 24.5 Å². The molecule has 1 aliphatic rings. The van der Waals surface area contributed by atoms with Crippen molar-refractivity contribution in [1.82, 2.24) is 9.88 Å². The zero-order chi connectivity index (χ0) is 19.1. The first-order chi connectivity index (χ1) is 12.1. The maximum Gasteiger partial charge on any atom is 0.200 e. The number of likely N-dealkylation sites (N-methyl/N-ethyl adjacent to an activating group) is 1. The van der Waals surface area contributed by atoms with Gasteiger partial charge in [0.25, 0.3) is 0 Å². The molecule has 1 aliphatic heterocycles. The summed E-state index contributed by atoms with van der Waals surface area (Å²) in [7, 11) is 1.71. The molecule has 6 nitrogen and oxygen atoms in total. The summed E-state index contributed by atoms with van der Waals surface area (Å²) in [5.74, 6) is 0.725. The van der Waals surface area contributed by atoms with Crippen LogP contribution in [-0.2, 0) is 5.41 Å². The van der Waals surface area contributed by atoms with Gasteiger partial charge in [0.05, 0.1) is 38.9 Å². The van der Waals surface area contributed by atoms with Gasteiger partial charge in [-0.15, -0.1) is 11.8 Å². The van der Waals surface area contributed by atoms with Crippen molar-refractivity contribution in [3.63, 3.8) is 0 Å². The van der Waals surface area contributed by atoms with Crippen LogP contribution in [0, 0.1) is 5.21 Å². The Morgan fingerprint density at radius 2 is 2.00 bits per heavy atom. The molecule has 0 saturated carbocycles. The van der Waals surface area contributed by atoms with E-state index in [1.54, 1.807) is 18.8 Å². The third-order valence-electron chi connectivity index (χ3n) is 4.57. The van der Waals surface area contributed by atoms with E-state index in [9.17, 15) is 5.21 Å². The molecule has 1 fully saturated rings. The zero-order valence-electron chi connectivity index (χ0n) is 16.0. The lowest BCUT2D eigenvalue weighted by Crippen LogP contribution is -2.55. The monoisotopic (exact) mass is 394 g/mol. The van der Waals surface area contributed by atoms with Gasteiger partial charge in [-0.1, -0.05) is 20.8 Å². The molecule has 1 saturated heterocycles. The van der Waals surface area contributed by atoms with E-state index in [4.69, 9.17) is 16.6 Å². The summed E-state index contributed by atoms with van der Waals surface area (Å²) >= 11 is 7.22. The number of benzene rings is 1. The zero-order valence-corrected chi connectivity index (χ0v) is 17.6. The number of fused-ring (bicyclic) bond motifs is 1. The fourth-order valence-corrected chi connectivity index (χ4v) is 3.68. The van der Waals surface area contributed by atoms with E-state index in [0.717, 1.165) is 27.6 Å². The summed E-state index contributed by atoms with van der Waals surface area (Å²) in [5.41, 5.74) is 2.38. The van der Waals surface area contributed by atoms with Crippen molar-refractivity contribution in [1.29, 1.82) is 0 Å². The van der Waals surface area contributed by atoms with Crippen LogP contribution >= 0.6 is 24.0 Å². The summed E-state index contributed by atoms with van der Waals surface area (Å²) in [6, 6.07) is 4.00. The number of piperazine rings is 1. The molecule has 0 unspecified atom stereocenters. The highest BCUT2D eigenvalue weighted by molar-refractivity contribution is 7.98. The predicted octanol–water partition coefficient (Wildman–Crippen LogP) is 3.80. The Balaban J connectivity index is 1.83. The average Bonchev–Trinajstić information content (AvgIpc) is 2.97. The molecule has 1 aromatic carbocycles. The molecular formula is C18H26N4O2S2. The summed E-state index contributed by atoms with van der Waals surface area (Å²) in [6.45, 7) is 8.68. The SMILES string of the molecule is CSc1cc2nc(C(C)(C)C)oc2cc1NC(=S)N1CC[N+](C)([O-])CC1. The van der Waals surface area contributed by atoms with Gasteiger partial charge in [-0.05, 0) is 24.5 Å². The first-order valence-corrected chi connectivity index (χ1v) is 10.3. The van der Waals surface area contributed by atoms with Gasteiger partial charge >= 0.3 is 0 Å². The van der Waals surface area contributed by atoms with E-state index in [1.807, 2.05) is 18.4 Å². The lowest BCUT2D eigenvalue weighted by Gasteiger charge is -2.45. The Labute approximate surface area is 164 Å². The lowest BCUT2D eigenvalue weighted by atomic mass is 9.97. The van der Waals surface area contributed by atoms with E-state index < -0.39 is 0 Å². The second-order valence-corrected chi connectivity index (χ2v) is 9.19. The molecule has 0 radical (unpaired) electrons. The van der Waals surface area contributed by atoms with E-state index in [-0.39, 0.29) is 10.1 Å².